The summed E-state index contributed by atoms with van der Waals surface area (Å²) in [5.41, 5.74) is 1.26. The number of likely N-dealkylation sites (tertiary alicyclic amines) is 1. The van der Waals surface area contributed by atoms with Gasteiger partial charge < -0.3 is 15.1 Å². The molecule has 1 atom stereocenters. The zero-order valence-corrected chi connectivity index (χ0v) is 16.7. The fourth-order valence-corrected chi connectivity index (χ4v) is 4.31. The highest BCUT2D eigenvalue weighted by Gasteiger charge is 2.44. The molecule has 1 unspecified atom stereocenters. The standard InChI is InChI=1S/C20H23N5O5/c1-2-24-15-11-23(12-16(26)22-8-3-4-9-22)19(27)17(15)18(21-20(24)28)13-6-5-7-14(10-13)25(29)30/h5-7,10,18H,2-4,8-9,11-12H2,1H3,(H,21,28). The van der Waals surface area contributed by atoms with E-state index in [1.807, 2.05) is 0 Å². The Hall–Kier alpha value is -3.43. The van der Waals surface area contributed by atoms with Crippen molar-refractivity contribution in [2.75, 3.05) is 32.7 Å². The van der Waals surface area contributed by atoms with Crippen molar-refractivity contribution in [2.45, 2.75) is 25.8 Å². The van der Waals surface area contributed by atoms with Crippen LogP contribution in [-0.4, -0.2) is 70.2 Å². The number of hydrogen-bond acceptors (Lipinski definition) is 5. The predicted octanol–water partition coefficient (Wildman–Crippen LogP) is 1.40. The first-order valence-electron chi connectivity index (χ1n) is 10.0. The lowest BCUT2D eigenvalue weighted by molar-refractivity contribution is -0.384. The van der Waals surface area contributed by atoms with Gasteiger partial charge in [-0.2, -0.15) is 0 Å². The molecule has 0 saturated carbocycles. The normalized spacial score (nSPS) is 21.2. The molecule has 0 spiro atoms. The molecule has 1 fully saturated rings. The van der Waals surface area contributed by atoms with Crippen LogP contribution in [0.3, 0.4) is 0 Å². The van der Waals surface area contributed by atoms with Crippen LogP contribution in [0.2, 0.25) is 0 Å². The average Bonchev–Trinajstić information content (AvgIpc) is 3.37. The van der Waals surface area contributed by atoms with Gasteiger partial charge in [0.25, 0.3) is 11.6 Å². The van der Waals surface area contributed by atoms with Crippen molar-refractivity contribution in [1.82, 2.24) is 20.0 Å². The smallest absolute Gasteiger partial charge is 0.322 e. The number of nitro groups is 1. The Labute approximate surface area is 173 Å². The van der Waals surface area contributed by atoms with Crippen LogP contribution in [0.4, 0.5) is 10.5 Å². The molecule has 4 amide bonds. The summed E-state index contributed by atoms with van der Waals surface area (Å²) in [7, 11) is 0. The number of benzene rings is 1. The number of nitrogens with one attached hydrogen (secondary N) is 1. The number of carbonyl (C=O) groups is 3. The van der Waals surface area contributed by atoms with Crippen molar-refractivity contribution in [3.05, 3.63) is 51.2 Å². The number of carbonyl (C=O) groups excluding carboxylic acids is 3. The third-order valence-corrected chi connectivity index (χ3v) is 5.81. The Morgan fingerprint density at radius 1 is 1.27 bits per heavy atom. The van der Waals surface area contributed by atoms with Crippen molar-refractivity contribution in [2.24, 2.45) is 0 Å². The van der Waals surface area contributed by atoms with E-state index in [1.54, 1.807) is 17.9 Å². The molecule has 3 aliphatic heterocycles. The van der Waals surface area contributed by atoms with E-state index in [-0.39, 0.29) is 36.6 Å². The highest BCUT2D eigenvalue weighted by Crippen LogP contribution is 2.37. The van der Waals surface area contributed by atoms with Gasteiger partial charge in [0.1, 0.15) is 6.54 Å². The first-order chi connectivity index (χ1) is 14.4. The molecule has 10 nitrogen and oxygen atoms in total. The van der Waals surface area contributed by atoms with Crippen molar-refractivity contribution in [1.29, 1.82) is 0 Å². The lowest BCUT2D eigenvalue weighted by Gasteiger charge is -2.32. The first-order valence-corrected chi connectivity index (χ1v) is 10.0. The summed E-state index contributed by atoms with van der Waals surface area (Å²) in [6, 6.07) is 4.74. The second-order valence-electron chi connectivity index (χ2n) is 7.59. The Bertz CT molecular complexity index is 953. The second kappa shape index (κ2) is 7.77. The number of nitrogens with zero attached hydrogens (tertiary/aromatic N) is 4. The summed E-state index contributed by atoms with van der Waals surface area (Å²) in [6.45, 7) is 3.70. The van der Waals surface area contributed by atoms with Gasteiger partial charge >= 0.3 is 6.03 Å². The van der Waals surface area contributed by atoms with Crippen molar-refractivity contribution in [3.8, 4) is 0 Å². The Balaban J connectivity index is 1.65. The fourth-order valence-electron chi connectivity index (χ4n) is 4.31. The van der Waals surface area contributed by atoms with Crippen LogP contribution >= 0.6 is 0 Å². The van der Waals surface area contributed by atoms with E-state index in [1.165, 1.54) is 28.0 Å². The lowest BCUT2D eigenvalue weighted by Crippen LogP contribution is -2.47. The molecule has 3 aliphatic rings. The van der Waals surface area contributed by atoms with E-state index >= 15 is 0 Å². The van der Waals surface area contributed by atoms with E-state index in [4.69, 9.17) is 0 Å². The fraction of sp³-hybridized carbons (Fsp3) is 0.450. The maximum absolute atomic E-state index is 13.2. The number of non-ortho nitro benzene ring substituents is 1. The van der Waals surface area contributed by atoms with Crippen LogP contribution < -0.4 is 5.32 Å². The number of rotatable bonds is 5. The Morgan fingerprint density at radius 3 is 2.67 bits per heavy atom. The van der Waals surface area contributed by atoms with Crippen LogP contribution in [0.5, 0.6) is 0 Å². The molecule has 3 heterocycles. The van der Waals surface area contributed by atoms with Gasteiger partial charge in [-0.1, -0.05) is 12.1 Å². The minimum absolute atomic E-state index is 0.0424. The summed E-state index contributed by atoms with van der Waals surface area (Å²) in [6.07, 6.45) is 1.93. The summed E-state index contributed by atoms with van der Waals surface area (Å²) >= 11 is 0. The van der Waals surface area contributed by atoms with Gasteiger partial charge in [0, 0.05) is 31.8 Å². The Kier molecular flexibility index (Phi) is 5.15. The van der Waals surface area contributed by atoms with Gasteiger partial charge in [-0.15, -0.1) is 0 Å². The third kappa shape index (κ3) is 3.38. The molecule has 158 valence electrons. The maximum atomic E-state index is 13.2. The molecule has 0 bridgehead atoms. The maximum Gasteiger partial charge on any atom is 0.322 e. The van der Waals surface area contributed by atoms with E-state index in [0.717, 1.165) is 12.8 Å². The summed E-state index contributed by atoms with van der Waals surface area (Å²) in [5, 5.41) is 14.0. The van der Waals surface area contributed by atoms with E-state index in [2.05, 4.69) is 5.32 Å². The molecule has 1 aromatic rings. The van der Waals surface area contributed by atoms with Crippen molar-refractivity contribution >= 4 is 23.5 Å². The zero-order chi connectivity index (χ0) is 21.4. The van der Waals surface area contributed by atoms with Crippen molar-refractivity contribution in [3.63, 3.8) is 0 Å². The average molecular weight is 413 g/mol. The first kappa shape index (κ1) is 19.9. The number of urea groups is 1. The number of amides is 4. The van der Waals surface area contributed by atoms with Gasteiger partial charge in [-0.3, -0.25) is 24.6 Å². The lowest BCUT2D eigenvalue weighted by atomic mass is 9.95. The Morgan fingerprint density at radius 2 is 2.00 bits per heavy atom. The van der Waals surface area contributed by atoms with Crippen LogP contribution in [0, 0.1) is 10.1 Å². The molecule has 1 aromatic carbocycles. The third-order valence-electron chi connectivity index (χ3n) is 5.81. The molecule has 0 aromatic heterocycles. The molecular weight excluding hydrogens is 390 g/mol. The second-order valence-corrected chi connectivity index (χ2v) is 7.59. The molecule has 30 heavy (non-hydrogen) atoms. The highest BCUT2D eigenvalue weighted by molar-refractivity contribution is 6.03. The van der Waals surface area contributed by atoms with E-state index < -0.39 is 11.0 Å². The van der Waals surface area contributed by atoms with E-state index in [0.29, 0.717) is 36.5 Å². The molecule has 0 radical (unpaired) electrons. The minimum atomic E-state index is -0.797. The topological polar surface area (TPSA) is 116 Å². The number of nitro benzene ring substituents is 1. The molecule has 1 N–H and O–H groups in total. The van der Waals surface area contributed by atoms with Crippen LogP contribution in [-0.2, 0) is 9.59 Å². The van der Waals surface area contributed by atoms with Gasteiger partial charge in [-0.25, -0.2) is 4.79 Å². The van der Waals surface area contributed by atoms with Gasteiger partial charge in [0.2, 0.25) is 5.91 Å². The summed E-state index contributed by atoms with van der Waals surface area (Å²) in [5.74, 6) is -0.428. The number of likely N-dealkylation sites (N-methyl/N-ethyl adjacent to an activating group) is 1. The monoisotopic (exact) mass is 413 g/mol. The summed E-state index contributed by atoms with van der Waals surface area (Å²) in [4.78, 5) is 53.8. The van der Waals surface area contributed by atoms with E-state index in [9.17, 15) is 24.5 Å². The van der Waals surface area contributed by atoms with Crippen molar-refractivity contribution < 1.29 is 19.3 Å². The highest BCUT2D eigenvalue weighted by atomic mass is 16.6. The predicted molar refractivity (Wildman–Crippen MR) is 106 cm³/mol. The van der Waals surface area contributed by atoms with Gasteiger partial charge in [0.15, 0.2) is 0 Å². The SMILES string of the molecule is CCN1C(=O)NC(c2cccc([N+](=O)[O-])c2)C2=C1CN(CC(=O)N1CCCC1)C2=O. The van der Waals surface area contributed by atoms with Crippen LogP contribution in [0.1, 0.15) is 31.4 Å². The van der Waals surface area contributed by atoms with Gasteiger partial charge in [0.05, 0.1) is 28.8 Å². The molecule has 0 aliphatic carbocycles. The molecular formula is C20H23N5O5. The molecule has 4 rings (SSSR count). The van der Waals surface area contributed by atoms with Crippen LogP contribution in [0.15, 0.2) is 35.5 Å². The molecule has 10 heteroatoms. The molecule has 1 saturated heterocycles. The van der Waals surface area contributed by atoms with Crippen LogP contribution in [0.25, 0.3) is 0 Å². The largest absolute Gasteiger partial charge is 0.341 e. The van der Waals surface area contributed by atoms with Gasteiger partial charge in [-0.05, 0) is 25.3 Å². The quantitative estimate of drug-likeness (QED) is 0.579. The summed E-state index contributed by atoms with van der Waals surface area (Å²) < 4.78 is 0. The minimum Gasteiger partial charge on any atom is -0.341 e. The zero-order valence-electron chi connectivity index (χ0n) is 16.7. The number of hydrogen-bond donors (Lipinski definition) is 1.